The molecule has 110 valence electrons. The minimum atomic E-state index is -0.101. The lowest BCUT2D eigenvalue weighted by Gasteiger charge is -2.49. The molecule has 1 aliphatic carbocycles. The predicted molar refractivity (Wildman–Crippen MR) is 76.0 cm³/mol. The standard InChI is InChI=1S/C15H28N2O2/c1-4-19-14(18)12-11-16-9-10-17(12)13-7-5-6-8-15(13,2)3/h12-13,16H,4-11H2,1-3H3. The van der Waals surface area contributed by atoms with Gasteiger partial charge in [0, 0.05) is 25.7 Å². The van der Waals surface area contributed by atoms with Gasteiger partial charge in [-0.1, -0.05) is 26.7 Å². The second-order valence-corrected chi connectivity index (χ2v) is 6.46. The SMILES string of the molecule is CCOC(=O)C1CNCCN1C1CCCCC1(C)C. The topological polar surface area (TPSA) is 41.6 Å². The van der Waals surface area contributed by atoms with Crippen LogP contribution in [0.4, 0.5) is 0 Å². The summed E-state index contributed by atoms with van der Waals surface area (Å²) in [5, 5.41) is 3.33. The molecule has 1 saturated carbocycles. The number of hydrogen-bond acceptors (Lipinski definition) is 4. The van der Waals surface area contributed by atoms with Crippen molar-refractivity contribution in [1.82, 2.24) is 10.2 Å². The lowest BCUT2D eigenvalue weighted by Crippen LogP contribution is -2.62. The smallest absolute Gasteiger partial charge is 0.324 e. The van der Waals surface area contributed by atoms with E-state index >= 15 is 0 Å². The highest BCUT2D eigenvalue weighted by Gasteiger charge is 2.42. The summed E-state index contributed by atoms with van der Waals surface area (Å²) in [6, 6.07) is 0.411. The number of nitrogens with zero attached hydrogens (tertiary/aromatic N) is 1. The van der Waals surface area contributed by atoms with Gasteiger partial charge in [0.25, 0.3) is 0 Å². The van der Waals surface area contributed by atoms with Gasteiger partial charge in [0.05, 0.1) is 6.61 Å². The van der Waals surface area contributed by atoms with Crippen molar-refractivity contribution in [3.8, 4) is 0 Å². The third-order valence-electron chi connectivity index (χ3n) is 4.69. The van der Waals surface area contributed by atoms with E-state index in [-0.39, 0.29) is 12.0 Å². The Balaban J connectivity index is 2.12. The number of carbonyl (C=O) groups is 1. The van der Waals surface area contributed by atoms with E-state index in [2.05, 4.69) is 24.1 Å². The summed E-state index contributed by atoms with van der Waals surface area (Å²) in [7, 11) is 0. The normalized spacial score (nSPS) is 31.9. The monoisotopic (exact) mass is 268 g/mol. The Bertz CT molecular complexity index is 317. The van der Waals surface area contributed by atoms with Crippen LogP contribution in [0.5, 0.6) is 0 Å². The van der Waals surface area contributed by atoms with Crippen molar-refractivity contribution in [2.45, 2.75) is 58.5 Å². The van der Waals surface area contributed by atoms with Gasteiger partial charge in [0.1, 0.15) is 6.04 Å². The molecule has 19 heavy (non-hydrogen) atoms. The summed E-state index contributed by atoms with van der Waals surface area (Å²) in [5.41, 5.74) is 0.306. The zero-order chi connectivity index (χ0) is 13.9. The molecule has 1 aliphatic heterocycles. The van der Waals surface area contributed by atoms with E-state index < -0.39 is 0 Å². The van der Waals surface area contributed by atoms with E-state index in [1.807, 2.05) is 6.92 Å². The summed E-state index contributed by atoms with van der Waals surface area (Å²) in [6.45, 7) is 9.70. The van der Waals surface area contributed by atoms with Gasteiger partial charge >= 0.3 is 5.97 Å². The molecule has 0 bridgehead atoms. The maximum absolute atomic E-state index is 12.2. The summed E-state index contributed by atoms with van der Waals surface area (Å²) < 4.78 is 5.25. The Hall–Kier alpha value is -0.610. The van der Waals surface area contributed by atoms with Crippen LogP contribution in [0.1, 0.15) is 46.5 Å². The molecule has 1 heterocycles. The number of esters is 1. The molecule has 2 unspecified atom stereocenters. The second-order valence-electron chi connectivity index (χ2n) is 6.46. The van der Waals surface area contributed by atoms with E-state index in [0.717, 1.165) is 19.6 Å². The Morgan fingerprint density at radius 1 is 1.42 bits per heavy atom. The van der Waals surface area contributed by atoms with Crippen LogP contribution in [0.25, 0.3) is 0 Å². The Morgan fingerprint density at radius 3 is 2.89 bits per heavy atom. The largest absolute Gasteiger partial charge is 0.465 e. The summed E-state index contributed by atoms with van der Waals surface area (Å²) in [4.78, 5) is 14.6. The van der Waals surface area contributed by atoms with Crippen LogP contribution in [-0.4, -0.2) is 49.2 Å². The lowest BCUT2D eigenvalue weighted by molar-refractivity contribution is -0.153. The van der Waals surface area contributed by atoms with Crippen molar-refractivity contribution in [3.63, 3.8) is 0 Å². The van der Waals surface area contributed by atoms with Gasteiger partial charge in [-0.05, 0) is 25.2 Å². The third kappa shape index (κ3) is 3.29. The van der Waals surface area contributed by atoms with Gasteiger partial charge in [0.15, 0.2) is 0 Å². The zero-order valence-corrected chi connectivity index (χ0v) is 12.6. The van der Waals surface area contributed by atoms with Crippen LogP contribution in [0.3, 0.4) is 0 Å². The van der Waals surface area contributed by atoms with E-state index in [4.69, 9.17) is 4.74 Å². The van der Waals surface area contributed by atoms with Gasteiger partial charge in [-0.15, -0.1) is 0 Å². The van der Waals surface area contributed by atoms with Gasteiger partial charge in [0.2, 0.25) is 0 Å². The average Bonchev–Trinajstić information content (AvgIpc) is 2.38. The van der Waals surface area contributed by atoms with Crippen molar-refractivity contribution in [3.05, 3.63) is 0 Å². The number of nitrogens with one attached hydrogen (secondary N) is 1. The molecular weight excluding hydrogens is 240 g/mol. The van der Waals surface area contributed by atoms with E-state index in [0.29, 0.717) is 18.1 Å². The van der Waals surface area contributed by atoms with Crippen molar-refractivity contribution >= 4 is 5.97 Å². The average molecular weight is 268 g/mol. The fourth-order valence-electron chi connectivity index (χ4n) is 3.64. The van der Waals surface area contributed by atoms with Gasteiger partial charge in [-0.25, -0.2) is 0 Å². The highest BCUT2D eigenvalue weighted by atomic mass is 16.5. The molecule has 4 heteroatoms. The summed E-state index contributed by atoms with van der Waals surface area (Å²) in [6.07, 6.45) is 5.08. The molecule has 0 aromatic heterocycles. The molecule has 0 aromatic carbocycles. The minimum Gasteiger partial charge on any atom is -0.465 e. The molecule has 2 fully saturated rings. The molecule has 0 amide bonds. The van der Waals surface area contributed by atoms with Crippen molar-refractivity contribution in [2.24, 2.45) is 5.41 Å². The molecule has 1 N–H and O–H groups in total. The number of ether oxygens (including phenoxy) is 1. The first-order chi connectivity index (χ1) is 9.06. The third-order valence-corrected chi connectivity index (χ3v) is 4.69. The molecule has 0 aromatic rings. The highest BCUT2D eigenvalue weighted by molar-refractivity contribution is 5.76. The summed E-state index contributed by atoms with van der Waals surface area (Å²) in [5.74, 6) is -0.0592. The fraction of sp³-hybridized carbons (Fsp3) is 0.933. The highest BCUT2D eigenvalue weighted by Crippen LogP contribution is 2.39. The maximum Gasteiger partial charge on any atom is 0.324 e. The zero-order valence-electron chi connectivity index (χ0n) is 12.6. The van der Waals surface area contributed by atoms with Crippen LogP contribution in [0.15, 0.2) is 0 Å². The van der Waals surface area contributed by atoms with E-state index in [1.54, 1.807) is 0 Å². The van der Waals surface area contributed by atoms with Crippen LogP contribution >= 0.6 is 0 Å². The number of hydrogen-bond donors (Lipinski definition) is 1. The molecule has 2 atom stereocenters. The first kappa shape index (κ1) is 14.8. The van der Waals surface area contributed by atoms with Gasteiger partial charge in [-0.3, -0.25) is 9.69 Å². The molecule has 4 nitrogen and oxygen atoms in total. The van der Waals surface area contributed by atoms with Crippen molar-refractivity contribution in [1.29, 1.82) is 0 Å². The molecular formula is C15H28N2O2. The quantitative estimate of drug-likeness (QED) is 0.792. The predicted octanol–water partition coefficient (Wildman–Crippen LogP) is 1.79. The minimum absolute atomic E-state index is 0.0592. The Labute approximate surface area is 116 Å². The second kappa shape index (κ2) is 6.23. The first-order valence-electron chi connectivity index (χ1n) is 7.69. The molecule has 1 saturated heterocycles. The van der Waals surface area contributed by atoms with Gasteiger partial charge in [-0.2, -0.15) is 0 Å². The summed E-state index contributed by atoms with van der Waals surface area (Å²) >= 11 is 0. The van der Waals surface area contributed by atoms with E-state index in [9.17, 15) is 4.79 Å². The van der Waals surface area contributed by atoms with Crippen LogP contribution in [-0.2, 0) is 9.53 Å². The number of piperazine rings is 1. The molecule has 0 spiro atoms. The van der Waals surface area contributed by atoms with E-state index in [1.165, 1.54) is 25.7 Å². The first-order valence-corrected chi connectivity index (χ1v) is 7.69. The van der Waals surface area contributed by atoms with Gasteiger partial charge < -0.3 is 10.1 Å². The lowest BCUT2D eigenvalue weighted by atomic mass is 9.72. The van der Waals surface area contributed by atoms with Crippen LogP contribution in [0, 0.1) is 5.41 Å². The van der Waals surface area contributed by atoms with Crippen molar-refractivity contribution in [2.75, 3.05) is 26.2 Å². The Morgan fingerprint density at radius 2 is 2.21 bits per heavy atom. The maximum atomic E-state index is 12.2. The molecule has 2 rings (SSSR count). The number of rotatable bonds is 3. The molecule has 2 aliphatic rings. The van der Waals surface area contributed by atoms with Crippen molar-refractivity contribution < 1.29 is 9.53 Å². The Kier molecular flexibility index (Phi) is 4.85. The number of carbonyl (C=O) groups excluding carboxylic acids is 1. The fourth-order valence-corrected chi connectivity index (χ4v) is 3.64. The van der Waals surface area contributed by atoms with Crippen LogP contribution < -0.4 is 5.32 Å². The van der Waals surface area contributed by atoms with Crippen LogP contribution in [0.2, 0.25) is 0 Å². The molecule has 0 radical (unpaired) electrons.